The van der Waals surface area contributed by atoms with E-state index in [1.807, 2.05) is 19.0 Å². The van der Waals surface area contributed by atoms with Gasteiger partial charge in [-0.05, 0) is 18.6 Å². The average Bonchev–Trinajstić information content (AvgIpc) is 2.14. The van der Waals surface area contributed by atoms with E-state index in [1.165, 1.54) is 10.5 Å². The van der Waals surface area contributed by atoms with Crippen molar-refractivity contribution in [2.45, 2.75) is 11.3 Å². The van der Waals surface area contributed by atoms with Crippen LogP contribution in [-0.2, 0) is 10.0 Å². The van der Waals surface area contributed by atoms with Crippen LogP contribution in [0.25, 0.3) is 0 Å². The summed E-state index contributed by atoms with van der Waals surface area (Å²) in [6.07, 6.45) is 2.37. The zero-order chi connectivity index (χ0) is 11.8. The van der Waals surface area contributed by atoms with Gasteiger partial charge in [0.25, 0.3) is 0 Å². The number of anilines is 1. The van der Waals surface area contributed by atoms with Gasteiger partial charge < -0.3 is 4.90 Å². The highest BCUT2D eigenvalue weighted by Crippen LogP contribution is 2.21. The molecule has 1 aromatic heterocycles. The zero-order valence-electron chi connectivity index (χ0n) is 9.42. The first kappa shape index (κ1) is 11.3. The van der Waals surface area contributed by atoms with Gasteiger partial charge in [0.1, 0.15) is 10.7 Å². The second-order valence-electron chi connectivity index (χ2n) is 4.00. The largest absolute Gasteiger partial charge is 0.363 e. The standard InChI is InChI=1S/C10H15N3O2S/c1-12(2)10-5-4-9(8-11-10)16(14,15)13-6-3-7-13/h4-5,8H,3,6-7H2,1-2H3. The maximum atomic E-state index is 12.0. The number of aromatic nitrogens is 1. The van der Waals surface area contributed by atoms with Gasteiger partial charge in [0.15, 0.2) is 0 Å². The highest BCUT2D eigenvalue weighted by molar-refractivity contribution is 7.89. The number of nitrogens with zero attached hydrogens (tertiary/aromatic N) is 3. The average molecular weight is 241 g/mol. The SMILES string of the molecule is CN(C)c1ccc(S(=O)(=O)N2CCC2)cn1. The van der Waals surface area contributed by atoms with Crippen LogP contribution in [0.15, 0.2) is 23.2 Å². The molecule has 0 unspecified atom stereocenters. The van der Waals surface area contributed by atoms with Crippen molar-refractivity contribution in [2.24, 2.45) is 0 Å². The van der Waals surface area contributed by atoms with Crippen molar-refractivity contribution in [1.29, 1.82) is 0 Å². The minimum atomic E-state index is -3.29. The monoisotopic (exact) mass is 241 g/mol. The van der Waals surface area contributed by atoms with Crippen molar-refractivity contribution < 1.29 is 8.42 Å². The molecule has 0 aromatic carbocycles. The Hall–Kier alpha value is -1.14. The molecule has 0 spiro atoms. The fraction of sp³-hybridized carbons (Fsp3) is 0.500. The lowest BCUT2D eigenvalue weighted by atomic mass is 10.3. The van der Waals surface area contributed by atoms with E-state index in [4.69, 9.17) is 0 Å². The van der Waals surface area contributed by atoms with Gasteiger partial charge in [0.05, 0.1) is 0 Å². The number of hydrogen-bond acceptors (Lipinski definition) is 4. The van der Waals surface area contributed by atoms with E-state index in [0.29, 0.717) is 13.1 Å². The van der Waals surface area contributed by atoms with Crippen molar-refractivity contribution >= 4 is 15.8 Å². The molecular formula is C10H15N3O2S. The van der Waals surface area contributed by atoms with Crippen LogP contribution in [0.2, 0.25) is 0 Å². The van der Waals surface area contributed by atoms with E-state index in [-0.39, 0.29) is 4.90 Å². The summed E-state index contributed by atoms with van der Waals surface area (Å²) in [4.78, 5) is 6.21. The normalized spacial score (nSPS) is 16.9. The summed E-state index contributed by atoms with van der Waals surface area (Å²) in [7, 11) is 0.442. The molecule has 5 nitrogen and oxygen atoms in total. The fourth-order valence-electron chi connectivity index (χ4n) is 1.47. The molecule has 88 valence electrons. The van der Waals surface area contributed by atoms with Crippen molar-refractivity contribution in [1.82, 2.24) is 9.29 Å². The molecule has 1 aromatic rings. The molecular weight excluding hydrogens is 226 g/mol. The van der Waals surface area contributed by atoms with Crippen LogP contribution in [0, 0.1) is 0 Å². The van der Waals surface area contributed by atoms with Crippen LogP contribution in [0.4, 0.5) is 5.82 Å². The van der Waals surface area contributed by atoms with Crippen molar-refractivity contribution in [3.05, 3.63) is 18.3 Å². The molecule has 0 saturated carbocycles. The Balaban J connectivity index is 2.27. The summed E-state index contributed by atoms with van der Waals surface area (Å²) in [6, 6.07) is 3.32. The topological polar surface area (TPSA) is 53.5 Å². The van der Waals surface area contributed by atoms with E-state index in [0.717, 1.165) is 12.2 Å². The fourth-order valence-corrected chi connectivity index (χ4v) is 2.93. The lowest BCUT2D eigenvalue weighted by Gasteiger charge is -2.29. The Labute approximate surface area is 95.8 Å². The molecule has 1 aliphatic heterocycles. The summed E-state index contributed by atoms with van der Waals surface area (Å²) in [5, 5.41) is 0. The van der Waals surface area contributed by atoms with Crippen molar-refractivity contribution in [3.8, 4) is 0 Å². The molecule has 1 saturated heterocycles. The van der Waals surface area contributed by atoms with Crippen LogP contribution in [0.1, 0.15) is 6.42 Å². The second-order valence-corrected chi connectivity index (χ2v) is 5.94. The molecule has 0 bridgehead atoms. The van der Waals surface area contributed by atoms with Crippen LogP contribution in [0.3, 0.4) is 0 Å². The highest BCUT2D eigenvalue weighted by atomic mass is 32.2. The summed E-state index contributed by atoms with van der Waals surface area (Å²) in [6.45, 7) is 1.25. The van der Waals surface area contributed by atoms with Gasteiger partial charge in [-0.15, -0.1) is 0 Å². The van der Waals surface area contributed by atoms with Gasteiger partial charge in [-0.25, -0.2) is 13.4 Å². The Kier molecular flexibility index (Phi) is 2.86. The number of hydrogen-bond donors (Lipinski definition) is 0. The maximum absolute atomic E-state index is 12.0. The number of pyridine rings is 1. The Bertz CT molecular complexity index is 463. The third kappa shape index (κ3) is 1.90. The lowest BCUT2D eigenvalue weighted by molar-refractivity contribution is 0.309. The number of rotatable bonds is 3. The first-order chi connectivity index (χ1) is 7.51. The van der Waals surface area contributed by atoms with Crippen LogP contribution < -0.4 is 4.90 Å². The third-order valence-electron chi connectivity index (χ3n) is 2.63. The molecule has 16 heavy (non-hydrogen) atoms. The van der Waals surface area contributed by atoms with E-state index >= 15 is 0 Å². The molecule has 2 heterocycles. The van der Waals surface area contributed by atoms with E-state index < -0.39 is 10.0 Å². The number of sulfonamides is 1. The molecule has 0 radical (unpaired) electrons. The van der Waals surface area contributed by atoms with E-state index in [1.54, 1.807) is 12.1 Å². The predicted molar refractivity (Wildman–Crippen MR) is 61.9 cm³/mol. The van der Waals surface area contributed by atoms with Gasteiger partial charge in [-0.2, -0.15) is 4.31 Å². The van der Waals surface area contributed by atoms with Crippen molar-refractivity contribution in [2.75, 3.05) is 32.1 Å². The zero-order valence-corrected chi connectivity index (χ0v) is 10.2. The van der Waals surface area contributed by atoms with Crippen LogP contribution in [0.5, 0.6) is 0 Å². The molecule has 1 fully saturated rings. The second kappa shape index (κ2) is 4.03. The summed E-state index contributed by atoms with van der Waals surface area (Å²) < 4.78 is 25.4. The van der Waals surface area contributed by atoms with Gasteiger partial charge >= 0.3 is 0 Å². The van der Waals surface area contributed by atoms with Crippen LogP contribution >= 0.6 is 0 Å². The van der Waals surface area contributed by atoms with Gasteiger partial charge in [-0.3, -0.25) is 0 Å². The smallest absolute Gasteiger partial charge is 0.244 e. The molecule has 1 aliphatic rings. The summed E-state index contributed by atoms with van der Waals surface area (Å²) in [5.74, 6) is 0.752. The van der Waals surface area contributed by atoms with E-state index in [2.05, 4.69) is 4.98 Å². The van der Waals surface area contributed by atoms with Gasteiger partial charge in [0.2, 0.25) is 10.0 Å². The summed E-state index contributed by atoms with van der Waals surface area (Å²) in [5.41, 5.74) is 0. The first-order valence-electron chi connectivity index (χ1n) is 5.15. The minimum Gasteiger partial charge on any atom is -0.363 e. The molecule has 0 amide bonds. The predicted octanol–water partition coefficient (Wildman–Crippen LogP) is 0.542. The molecule has 6 heteroatoms. The van der Waals surface area contributed by atoms with E-state index in [9.17, 15) is 8.42 Å². The van der Waals surface area contributed by atoms with Crippen LogP contribution in [-0.4, -0.2) is 44.9 Å². The minimum absolute atomic E-state index is 0.276. The van der Waals surface area contributed by atoms with Crippen molar-refractivity contribution in [3.63, 3.8) is 0 Å². The maximum Gasteiger partial charge on any atom is 0.244 e. The molecule has 0 N–H and O–H groups in total. The Morgan fingerprint density at radius 3 is 2.38 bits per heavy atom. The quantitative estimate of drug-likeness (QED) is 0.775. The van der Waals surface area contributed by atoms with Gasteiger partial charge in [-0.1, -0.05) is 0 Å². The Morgan fingerprint density at radius 1 is 1.31 bits per heavy atom. The van der Waals surface area contributed by atoms with Gasteiger partial charge in [0, 0.05) is 33.4 Å². The molecule has 0 atom stereocenters. The third-order valence-corrected chi connectivity index (χ3v) is 4.51. The molecule has 2 rings (SSSR count). The summed E-state index contributed by atoms with van der Waals surface area (Å²) >= 11 is 0. The lowest BCUT2D eigenvalue weighted by Crippen LogP contribution is -2.41. The molecule has 0 aliphatic carbocycles. The first-order valence-corrected chi connectivity index (χ1v) is 6.59. The highest BCUT2D eigenvalue weighted by Gasteiger charge is 2.29. The Morgan fingerprint density at radius 2 is 2.00 bits per heavy atom.